The van der Waals surface area contributed by atoms with Crippen LogP contribution in [0, 0.1) is 11.8 Å². The van der Waals surface area contributed by atoms with Gasteiger partial charge in [0.2, 0.25) is 0 Å². The third kappa shape index (κ3) is 2.39. The highest BCUT2D eigenvalue weighted by atomic mass is 16.3. The minimum Gasteiger partial charge on any atom is -0.513 e. The van der Waals surface area contributed by atoms with Crippen LogP contribution in [0.1, 0.15) is 18.4 Å². The second-order valence-corrected chi connectivity index (χ2v) is 3.68. The van der Waals surface area contributed by atoms with E-state index in [1.807, 2.05) is 30.3 Å². The maximum absolute atomic E-state index is 9.91. The van der Waals surface area contributed by atoms with E-state index in [2.05, 4.69) is 11.8 Å². The predicted octanol–water partition coefficient (Wildman–Crippen LogP) is 2.00. The average Bonchev–Trinajstić information content (AvgIpc) is 2.58. The van der Waals surface area contributed by atoms with Crippen LogP contribution < -0.4 is 0 Å². The van der Waals surface area contributed by atoms with Crippen LogP contribution >= 0.6 is 0 Å². The van der Waals surface area contributed by atoms with Crippen LogP contribution in [0.4, 0.5) is 0 Å². The summed E-state index contributed by atoms with van der Waals surface area (Å²) in [4.78, 5) is 0. The first kappa shape index (κ1) is 9.82. The quantitative estimate of drug-likeness (QED) is 0.629. The molecule has 0 aliphatic heterocycles. The smallest absolute Gasteiger partial charge is 0.148 e. The number of hydrogen-bond donors (Lipinski definition) is 2. The summed E-state index contributed by atoms with van der Waals surface area (Å²) in [7, 11) is 0. The highest BCUT2D eigenvalue weighted by Crippen LogP contribution is 2.25. The molecule has 0 saturated carbocycles. The molecule has 0 saturated heterocycles. The number of hydrogen-bond acceptors (Lipinski definition) is 2. The molecule has 0 radical (unpaired) electrons. The zero-order chi connectivity index (χ0) is 10.7. The Kier molecular flexibility index (Phi) is 2.49. The molecule has 2 rings (SSSR count). The van der Waals surface area contributed by atoms with Crippen LogP contribution in [0.15, 0.2) is 42.2 Å². The van der Waals surface area contributed by atoms with Crippen LogP contribution in [-0.2, 0) is 0 Å². The first-order valence-electron chi connectivity index (χ1n) is 4.89. The topological polar surface area (TPSA) is 40.5 Å². The van der Waals surface area contributed by atoms with Crippen molar-refractivity contribution in [1.82, 2.24) is 0 Å². The molecule has 76 valence electrons. The van der Waals surface area contributed by atoms with Gasteiger partial charge in [0.15, 0.2) is 0 Å². The summed E-state index contributed by atoms with van der Waals surface area (Å²) < 4.78 is 0. The van der Waals surface area contributed by atoms with Gasteiger partial charge < -0.3 is 10.2 Å². The normalized spacial score (nSPS) is 24.2. The van der Waals surface area contributed by atoms with Crippen molar-refractivity contribution in [1.29, 1.82) is 0 Å². The molecule has 2 nitrogen and oxygen atoms in total. The summed E-state index contributed by atoms with van der Waals surface area (Å²) in [6.45, 7) is 0. The van der Waals surface area contributed by atoms with E-state index in [0.29, 0.717) is 12.8 Å². The van der Waals surface area contributed by atoms with Crippen LogP contribution in [-0.4, -0.2) is 15.8 Å². The molecule has 15 heavy (non-hydrogen) atoms. The summed E-state index contributed by atoms with van der Waals surface area (Å²) in [6, 6.07) is 9.48. The summed E-state index contributed by atoms with van der Waals surface area (Å²) >= 11 is 0. The highest BCUT2D eigenvalue weighted by molar-refractivity contribution is 5.39. The Morgan fingerprint density at radius 3 is 2.53 bits per heavy atom. The maximum atomic E-state index is 9.91. The Hall–Kier alpha value is -1.72. The molecule has 0 unspecified atom stereocenters. The molecule has 1 atom stereocenters. The molecule has 2 heteroatoms. The molecular weight excluding hydrogens is 188 g/mol. The molecule has 0 spiro atoms. The SMILES string of the molecule is OC1=C[C@](O)(C#Cc2ccccc2)CC1. The van der Waals surface area contributed by atoms with E-state index in [9.17, 15) is 10.2 Å². The first-order chi connectivity index (χ1) is 7.18. The second kappa shape index (κ2) is 3.80. The standard InChI is InChI=1S/C13H12O2/c14-12-7-9-13(15,10-12)8-6-11-4-2-1-3-5-11/h1-5,10,14-15H,7,9H2/t13-/m0/s1. The van der Waals surface area contributed by atoms with Crippen LogP contribution in [0.25, 0.3) is 0 Å². The highest BCUT2D eigenvalue weighted by Gasteiger charge is 2.28. The molecule has 0 amide bonds. The summed E-state index contributed by atoms with van der Waals surface area (Å²) in [5, 5.41) is 19.1. The average molecular weight is 200 g/mol. The lowest BCUT2D eigenvalue weighted by Gasteiger charge is -2.09. The van der Waals surface area contributed by atoms with Crippen molar-refractivity contribution in [3.63, 3.8) is 0 Å². The van der Waals surface area contributed by atoms with Gasteiger partial charge in [-0.15, -0.1) is 0 Å². The van der Waals surface area contributed by atoms with E-state index in [-0.39, 0.29) is 5.76 Å². The van der Waals surface area contributed by atoms with Crippen molar-refractivity contribution in [2.45, 2.75) is 18.4 Å². The van der Waals surface area contributed by atoms with Crippen molar-refractivity contribution in [3.8, 4) is 11.8 Å². The van der Waals surface area contributed by atoms with E-state index in [0.717, 1.165) is 5.56 Å². The Bertz CT molecular complexity index is 437. The van der Waals surface area contributed by atoms with E-state index in [1.165, 1.54) is 6.08 Å². The zero-order valence-corrected chi connectivity index (χ0v) is 8.27. The van der Waals surface area contributed by atoms with Crippen LogP contribution in [0.3, 0.4) is 0 Å². The number of allylic oxidation sites excluding steroid dienone is 1. The lowest BCUT2D eigenvalue weighted by atomic mass is 10.0. The Morgan fingerprint density at radius 1 is 1.20 bits per heavy atom. The Morgan fingerprint density at radius 2 is 1.93 bits per heavy atom. The second-order valence-electron chi connectivity index (χ2n) is 3.68. The van der Waals surface area contributed by atoms with Gasteiger partial charge in [-0.2, -0.15) is 0 Å². The van der Waals surface area contributed by atoms with Crippen molar-refractivity contribution in [2.24, 2.45) is 0 Å². The number of aliphatic hydroxyl groups is 2. The molecular formula is C13H12O2. The van der Waals surface area contributed by atoms with Gasteiger partial charge in [-0.1, -0.05) is 30.0 Å². The molecule has 0 bridgehead atoms. The van der Waals surface area contributed by atoms with Gasteiger partial charge in [-0.3, -0.25) is 0 Å². The number of rotatable bonds is 0. The van der Waals surface area contributed by atoms with E-state index >= 15 is 0 Å². The molecule has 0 fully saturated rings. The Balaban J connectivity index is 2.20. The van der Waals surface area contributed by atoms with Gasteiger partial charge in [0.25, 0.3) is 0 Å². The fourth-order valence-corrected chi connectivity index (χ4v) is 1.54. The lowest BCUT2D eigenvalue weighted by Crippen LogP contribution is -2.19. The molecule has 0 aromatic heterocycles. The molecule has 1 aliphatic rings. The molecule has 0 heterocycles. The van der Waals surface area contributed by atoms with E-state index < -0.39 is 5.60 Å². The van der Waals surface area contributed by atoms with Gasteiger partial charge in [0, 0.05) is 12.0 Å². The van der Waals surface area contributed by atoms with Gasteiger partial charge in [0.05, 0.1) is 5.76 Å². The number of benzene rings is 1. The van der Waals surface area contributed by atoms with Crippen LogP contribution in [0.5, 0.6) is 0 Å². The monoisotopic (exact) mass is 200 g/mol. The zero-order valence-electron chi connectivity index (χ0n) is 8.27. The van der Waals surface area contributed by atoms with Gasteiger partial charge >= 0.3 is 0 Å². The largest absolute Gasteiger partial charge is 0.513 e. The van der Waals surface area contributed by atoms with Gasteiger partial charge in [-0.05, 0) is 24.6 Å². The molecule has 1 aromatic rings. The van der Waals surface area contributed by atoms with Crippen molar-refractivity contribution in [3.05, 3.63) is 47.7 Å². The molecule has 1 aromatic carbocycles. The van der Waals surface area contributed by atoms with Crippen molar-refractivity contribution < 1.29 is 10.2 Å². The van der Waals surface area contributed by atoms with Crippen LogP contribution in [0.2, 0.25) is 0 Å². The van der Waals surface area contributed by atoms with Crippen molar-refractivity contribution in [2.75, 3.05) is 0 Å². The van der Waals surface area contributed by atoms with Gasteiger partial charge in [0.1, 0.15) is 5.60 Å². The van der Waals surface area contributed by atoms with E-state index in [1.54, 1.807) is 0 Å². The predicted molar refractivity (Wildman–Crippen MR) is 58.2 cm³/mol. The number of aliphatic hydroxyl groups excluding tert-OH is 1. The minimum absolute atomic E-state index is 0.222. The molecule has 1 aliphatic carbocycles. The summed E-state index contributed by atoms with van der Waals surface area (Å²) in [6.07, 6.45) is 2.39. The fraction of sp³-hybridized carbons (Fsp3) is 0.231. The van der Waals surface area contributed by atoms with Gasteiger partial charge in [-0.25, -0.2) is 0 Å². The van der Waals surface area contributed by atoms with E-state index in [4.69, 9.17) is 0 Å². The fourth-order valence-electron chi connectivity index (χ4n) is 1.54. The first-order valence-corrected chi connectivity index (χ1v) is 4.89. The molecule has 2 N–H and O–H groups in total. The summed E-state index contributed by atoms with van der Waals surface area (Å²) in [5.41, 5.74) is -0.286. The maximum Gasteiger partial charge on any atom is 0.148 e. The lowest BCUT2D eigenvalue weighted by molar-refractivity contribution is 0.153. The summed E-state index contributed by atoms with van der Waals surface area (Å²) in [5.74, 6) is 5.89. The Labute approximate surface area is 88.9 Å². The minimum atomic E-state index is -1.15. The third-order valence-electron chi connectivity index (χ3n) is 2.36. The third-order valence-corrected chi connectivity index (χ3v) is 2.36. The van der Waals surface area contributed by atoms with Crippen molar-refractivity contribution >= 4 is 0 Å².